The molecule has 0 atom stereocenters. The lowest BCUT2D eigenvalue weighted by atomic mass is 10.0. The number of guanidine groups is 1. The Kier molecular flexibility index (Phi) is 7.22. The zero-order chi connectivity index (χ0) is 17.0. The van der Waals surface area contributed by atoms with Crippen LogP contribution in [0, 0.1) is 11.3 Å². The predicted molar refractivity (Wildman–Crippen MR) is 112 cm³/mol. The largest absolute Gasteiger partial charge is 0.493 e. The highest BCUT2D eigenvalue weighted by Crippen LogP contribution is 2.60. The van der Waals surface area contributed by atoms with Gasteiger partial charge in [0.05, 0.1) is 20.8 Å². The fraction of sp³-hybridized carbons (Fsp3) is 0.632. The molecule has 0 spiro atoms. The van der Waals surface area contributed by atoms with Crippen molar-refractivity contribution >= 4 is 29.9 Å². The molecule has 2 saturated carbocycles. The number of rotatable bonds is 8. The van der Waals surface area contributed by atoms with Crippen LogP contribution in [0.15, 0.2) is 23.2 Å². The molecular formula is C19H30IN3O2. The van der Waals surface area contributed by atoms with Gasteiger partial charge in [-0.1, -0.05) is 6.07 Å². The van der Waals surface area contributed by atoms with Crippen molar-refractivity contribution in [3.8, 4) is 11.5 Å². The van der Waals surface area contributed by atoms with Crippen molar-refractivity contribution in [1.82, 2.24) is 10.6 Å². The van der Waals surface area contributed by atoms with E-state index in [9.17, 15) is 0 Å². The van der Waals surface area contributed by atoms with Crippen molar-refractivity contribution in [1.29, 1.82) is 0 Å². The lowest BCUT2D eigenvalue weighted by Gasteiger charge is -2.18. The Bertz CT molecular complexity index is 598. The third-order valence-electron chi connectivity index (χ3n) is 5.16. The van der Waals surface area contributed by atoms with Crippen LogP contribution < -0.4 is 20.1 Å². The Morgan fingerprint density at radius 2 is 1.88 bits per heavy atom. The molecule has 5 nitrogen and oxygen atoms in total. The molecule has 25 heavy (non-hydrogen) atoms. The molecule has 0 unspecified atom stereocenters. The molecule has 6 heteroatoms. The molecule has 2 aliphatic carbocycles. The minimum absolute atomic E-state index is 0. The summed E-state index contributed by atoms with van der Waals surface area (Å²) in [6.45, 7) is 4.64. The van der Waals surface area contributed by atoms with Gasteiger partial charge in [0, 0.05) is 13.1 Å². The SMILES string of the molecule is CCNC(=NCc1ccc(OC)c(OC)c1)NCC1(C2CC2)CC1.I. The van der Waals surface area contributed by atoms with Gasteiger partial charge in [0.25, 0.3) is 0 Å². The highest BCUT2D eigenvalue weighted by molar-refractivity contribution is 14.0. The molecule has 140 valence electrons. The summed E-state index contributed by atoms with van der Waals surface area (Å²) in [4.78, 5) is 4.72. The van der Waals surface area contributed by atoms with E-state index in [1.807, 2.05) is 18.2 Å². The van der Waals surface area contributed by atoms with Crippen LogP contribution in [0.25, 0.3) is 0 Å². The molecule has 0 heterocycles. The summed E-state index contributed by atoms with van der Waals surface area (Å²) in [5.41, 5.74) is 1.67. The van der Waals surface area contributed by atoms with Gasteiger partial charge in [0.15, 0.2) is 17.5 Å². The molecule has 0 bridgehead atoms. The molecule has 0 aromatic heterocycles. The van der Waals surface area contributed by atoms with Gasteiger partial charge in [-0.15, -0.1) is 24.0 Å². The van der Waals surface area contributed by atoms with Crippen molar-refractivity contribution < 1.29 is 9.47 Å². The lowest BCUT2D eigenvalue weighted by molar-refractivity contribution is 0.354. The zero-order valence-electron chi connectivity index (χ0n) is 15.4. The molecule has 3 rings (SSSR count). The average Bonchev–Trinajstić information content (AvgIpc) is 3.49. The van der Waals surface area contributed by atoms with Crippen LogP contribution in [-0.2, 0) is 6.54 Å². The first-order chi connectivity index (χ1) is 11.7. The molecule has 2 fully saturated rings. The number of halogens is 1. The number of hydrogen-bond donors (Lipinski definition) is 2. The Balaban J connectivity index is 0.00000225. The number of nitrogens with zero attached hydrogens (tertiary/aromatic N) is 1. The quantitative estimate of drug-likeness (QED) is 0.355. The number of ether oxygens (including phenoxy) is 2. The molecule has 2 N–H and O–H groups in total. The minimum Gasteiger partial charge on any atom is -0.493 e. The van der Waals surface area contributed by atoms with E-state index in [-0.39, 0.29) is 24.0 Å². The Hall–Kier alpha value is -1.18. The fourth-order valence-corrected chi connectivity index (χ4v) is 3.34. The van der Waals surface area contributed by atoms with Gasteiger partial charge in [-0.25, -0.2) is 4.99 Å². The standard InChI is InChI=1S/C19H29N3O2.HI/c1-4-20-18(22-13-19(9-10-19)15-6-7-15)21-12-14-5-8-16(23-2)17(11-14)24-3;/h5,8,11,15H,4,6-7,9-10,12-13H2,1-3H3,(H2,20,21,22);1H. The monoisotopic (exact) mass is 459 g/mol. The Labute approximate surface area is 168 Å². The van der Waals surface area contributed by atoms with Crippen LogP contribution in [0.5, 0.6) is 11.5 Å². The number of aliphatic imine (C=N–C) groups is 1. The molecular weight excluding hydrogens is 429 g/mol. The van der Waals surface area contributed by atoms with Gasteiger partial charge < -0.3 is 20.1 Å². The summed E-state index contributed by atoms with van der Waals surface area (Å²) in [7, 11) is 3.31. The van der Waals surface area contributed by atoms with Gasteiger partial charge in [-0.2, -0.15) is 0 Å². The van der Waals surface area contributed by atoms with E-state index >= 15 is 0 Å². The summed E-state index contributed by atoms with van der Waals surface area (Å²) in [5.74, 6) is 3.35. The lowest BCUT2D eigenvalue weighted by Crippen LogP contribution is -2.40. The van der Waals surface area contributed by atoms with Crippen LogP contribution in [0.2, 0.25) is 0 Å². The molecule has 1 aromatic rings. The fourth-order valence-electron chi connectivity index (χ4n) is 3.34. The average molecular weight is 459 g/mol. The maximum atomic E-state index is 5.36. The van der Waals surface area contributed by atoms with E-state index in [0.717, 1.165) is 42.0 Å². The maximum Gasteiger partial charge on any atom is 0.191 e. The van der Waals surface area contributed by atoms with Crippen molar-refractivity contribution in [2.45, 2.75) is 39.2 Å². The van der Waals surface area contributed by atoms with Crippen molar-refractivity contribution in [3.05, 3.63) is 23.8 Å². The van der Waals surface area contributed by atoms with Crippen molar-refractivity contribution in [2.24, 2.45) is 16.3 Å². The Morgan fingerprint density at radius 1 is 1.16 bits per heavy atom. The molecule has 0 aliphatic heterocycles. The summed E-state index contributed by atoms with van der Waals surface area (Å²) in [6, 6.07) is 5.94. The second kappa shape index (κ2) is 8.96. The molecule has 2 aliphatic rings. The first kappa shape index (κ1) is 20.1. The van der Waals surface area contributed by atoms with E-state index in [0.29, 0.717) is 12.0 Å². The third-order valence-corrected chi connectivity index (χ3v) is 5.16. The van der Waals surface area contributed by atoms with E-state index < -0.39 is 0 Å². The number of benzene rings is 1. The summed E-state index contributed by atoms with van der Waals surface area (Å²) in [6.07, 6.45) is 5.58. The number of hydrogen-bond acceptors (Lipinski definition) is 3. The predicted octanol–water partition coefficient (Wildman–Crippen LogP) is 3.57. The summed E-state index contributed by atoms with van der Waals surface area (Å²) >= 11 is 0. The van der Waals surface area contributed by atoms with Crippen molar-refractivity contribution in [2.75, 3.05) is 27.3 Å². The normalized spacial score (nSPS) is 18.1. The molecule has 0 amide bonds. The Morgan fingerprint density at radius 3 is 2.44 bits per heavy atom. The smallest absolute Gasteiger partial charge is 0.191 e. The van der Waals surface area contributed by atoms with E-state index in [4.69, 9.17) is 14.5 Å². The van der Waals surface area contributed by atoms with Crippen LogP contribution in [0.4, 0.5) is 0 Å². The molecule has 0 saturated heterocycles. The minimum atomic E-state index is 0. The molecule has 0 radical (unpaired) electrons. The van der Waals surface area contributed by atoms with Crippen LogP contribution in [-0.4, -0.2) is 33.3 Å². The van der Waals surface area contributed by atoms with Crippen LogP contribution in [0.3, 0.4) is 0 Å². The van der Waals surface area contributed by atoms with Crippen molar-refractivity contribution in [3.63, 3.8) is 0 Å². The van der Waals surface area contributed by atoms with Gasteiger partial charge in [0.2, 0.25) is 0 Å². The number of nitrogens with one attached hydrogen (secondary N) is 2. The van der Waals surface area contributed by atoms with E-state index in [1.165, 1.54) is 25.7 Å². The summed E-state index contributed by atoms with van der Waals surface area (Å²) < 4.78 is 10.6. The third kappa shape index (κ3) is 5.15. The van der Waals surface area contributed by atoms with Gasteiger partial charge in [0.1, 0.15) is 0 Å². The second-order valence-corrected chi connectivity index (χ2v) is 6.87. The first-order valence-corrected chi connectivity index (χ1v) is 8.94. The zero-order valence-corrected chi connectivity index (χ0v) is 17.8. The van der Waals surface area contributed by atoms with Gasteiger partial charge in [-0.3, -0.25) is 0 Å². The second-order valence-electron chi connectivity index (χ2n) is 6.87. The van der Waals surface area contributed by atoms with E-state index in [2.05, 4.69) is 17.6 Å². The number of methoxy groups -OCH3 is 2. The highest BCUT2D eigenvalue weighted by Gasteiger charge is 2.53. The van der Waals surface area contributed by atoms with Gasteiger partial charge in [-0.05, 0) is 61.6 Å². The molecule has 1 aromatic carbocycles. The highest BCUT2D eigenvalue weighted by atomic mass is 127. The topological polar surface area (TPSA) is 54.9 Å². The van der Waals surface area contributed by atoms with Gasteiger partial charge >= 0.3 is 0 Å². The first-order valence-electron chi connectivity index (χ1n) is 8.94. The summed E-state index contributed by atoms with van der Waals surface area (Å²) in [5, 5.41) is 6.90. The van der Waals surface area contributed by atoms with Crippen LogP contribution in [0.1, 0.15) is 38.2 Å². The van der Waals surface area contributed by atoms with Crippen LogP contribution >= 0.6 is 24.0 Å². The maximum absolute atomic E-state index is 5.36. The van der Waals surface area contributed by atoms with E-state index in [1.54, 1.807) is 14.2 Å².